The topological polar surface area (TPSA) is 205 Å². The van der Waals surface area contributed by atoms with Crippen molar-refractivity contribution < 1.29 is 37.4 Å². The molecule has 2 aromatic rings. The number of esters is 1. The third kappa shape index (κ3) is 6.52. The van der Waals surface area contributed by atoms with Crippen LogP contribution in [0, 0.1) is 5.92 Å². The van der Waals surface area contributed by atoms with Gasteiger partial charge in [-0.05, 0) is 56.2 Å². The number of nitrogens with zero attached hydrogens (tertiary/aromatic N) is 4. The maximum Gasteiger partial charge on any atom is 0.459 e. The third-order valence-corrected chi connectivity index (χ3v) is 10.4. The molecule has 1 unspecified atom stereocenters. The molecule has 1 aromatic heterocycles. The molecule has 0 amide bonds. The average molecular weight is 661 g/mol. The Morgan fingerprint density at radius 1 is 1.15 bits per heavy atom. The predicted octanol–water partition coefficient (Wildman–Crippen LogP) is 4.04. The van der Waals surface area contributed by atoms with E-state index in [1.807, 2.05) is 0 Å². The zero-order chi connectivity index (χ0) is 32.4. The maximum absolute atomic E-state index is 14.6. The second-order valence-electron chi connectivity index (χ2n) is 11.9. The highest BCUT2D eigenvalue weighted by Gasteiger charge is 2.66. The van der Waals surface area contributed by atoms with E-state index in [-0.39, 0.29) is 18.3 Å². The summed E-state index contributed by atoms with van der Waals surface area (Å²) in [6.07, 6.45) is 3.94. The minimum atomic E-state index is -4.45. The molecule has 248 valence electrons. The number of carbonyl (C=O) groups is 1. The first kappa shape index (κ1) is 32.5. The number of hydrogen-bond donors (Lipinski definition) is 2. The van der Waals surface area contributed by atoms with E-state index < -0.39 is 67.6 Å². The lowest BCUT2D eigenvalue weighted by Gasteiger charge is -2.33. The molecule has 2 saturated heterocycles. The normalized spacial score (nSPS) is 28.8. The van der Waals surface area contributed by atoms with Crippen molar-refractivity contribution >= 4 is 13.7 Å². The lowest BCUT2D eigenvalue weighted by molar-refractivity contribution is -0.237. The van der Waals surface area contributed by atoms with Gasteiger partial charge in [-0.2, -0.15) is 5.09 Å². The molecule has 0 bridgehead atoms. The monoisotopic (exact) mass is 660 g/mol. The number of aromatic amines is 1. The summed E-state index contributed by atoms with van der Waals surface area (Å²) in [4.78, 5) is 43.0. The number of carbonyl (C=O) groups excluding carboxylic acids is 1. The van der Waals surface area contributed by atoms with Crippen LogP contribution in [0.2, 0.25) is 0 Å². The smallest absolute Gasteiger partial charge is 0.459 e. The van der Waals surface area contributed by atoms with Gasteiger partial charge < -0.3 is 23.5 Å². The Labute approximate surface area is 263 Å². The van der Waals surface area contributed by atoms with Crippen LogP contribution in [0.4, 0.5) is 0 Å². The standard InChI is InChI=1S/C29H37N6O10P/c1-2-40-26(37)22(19-10-6-7-11-19)32-46(39,45-20-12-4-3-5-13-20)41-18-29(33-34-30)24-23(42-28(43-24)15-8-9-16-28)25(44-29)35-17-14-21(36)31-27(35)38/h3-5,12-14,17,19,22-25H,2,6-11,15-16,18H2,1H3,(H,32,39)(H,31,36,38)/t22-,23+,24-,25+,29+,46?/m0/s1. The number of fused-ring (bicyclic) bond motifs is 1. The van der Waals surface area contributed by atoms with Gasteiger partial charge in [0.05, 0.1) is 13.2 Å². The summed E-state index contributed by atoms with van der Waals surface area (Å²) in [5.74, 6) is -1.60. The summed E-state index contributed by atoms with van der Waals surface area (Å²) in [6.45, 7) is 1.13. The van der Waals surface area contributed by atoms with Crippen LogP contribution in [0.5, 0.6) is 5.75 Å². The number of ether oxygens (including phenoxy) is 4. The third-order valence-electron chi connectivity index (χ3n) is 8.87. The van der Waals surface area contributed by atoms with Gasteiger partial charge in [-0.3, -0.25) is 23.7 Å². The van der Waals surface area contributed by atoms with Gasteiger partial charge in [0.2, 0.25) is 5.72 Å². The van der Waals surface area contributed by atoms with Gasteiger partial charge in [0.1, 0.15) is 24.0 Å². The molecule has 17 heteroatoms. The molecule has 1 spiro atoms. The van der Waals surface area contributed by atoms with Crippen LogP contribution in [-0.4, -0.2) is 58.5 Å². The summed E-state index contributed by atoms with van der Waals surface area (Å²) in [6, 6.07) is 8.42. The molecule has 2 aliphatic heterocycles. The first-order valence-corrected chi connectivity index (χ1v) is 17.1. The van der Waals surface area contributed by atoms with Crippen molar-refractivity contribution in [3.8, 4) is 5.75 Å². The zero-order valence-electron chi connectivity index (χ0n) is 25.3. The number of nitrogens with one attached hydrogen (secondary N) is 2. The summed E-state index contributed by atoms with van der Waals surface area (Å²) in [5.41, 5.74) is 6.34. The van der Waals surface area contributed by atoms with Gasteiger partial charge in [-0.15, -0.1) is 0 Å². The van der Waals surface area contributed by atoms with Crippen molar-refractivity contribution in [1.82, 2.24) is 14.6 Å². The van der Waals surface area contributed by atoms with Gasteiger partial charge in [-0.25, -0.2) is 9.36 Å². The Hall–Kier alpha value is -3.49. The average Bonchev–Trinajstić information content (AvgIpc) is 3.84. The number of benzene rings is 1. The Bertz CT molecular complexity index is 1620. The largest absolute Gasteiger partial charge is 0.465 e. The quantitative estimate of drug-likeness (QED) is 0.109. The Morgan fingerprint density at radius 2 is 1.89 bits per heavy atom. The molecule has 2 saturated carbocycles. The van der Waals surface area contributed by atoms with Crippen LogP contribution in [-0.2, 0) is 32.8 Å². The van der Waals surface area contributed by atoms with Crippen LogP contribution in [0.15, 0.2) is 57.3 Å². The Balaban J connectivity index is 1.35. The fourth-order valence-corrected chi connectivity index (χ4v) is 8.35. The molecule has 4 fully saturated rings. The molecule has 6 atom stereocenters. The van der Waals surface area contributed by atoms with E-state index >= 15 is 0 Å². The Morgan fingerprint density at radius 3 is 2.57 bits per heavy atom. The second-order valence-corrected chi connectivity index (χ2v) is 13.6. The minimum absolute atomic E-state index is 0.121. The molecule has 3 heterocycles. The molecule has 1 aromatic carbocycles. The number of hydrogen-bond acceptors (Lipinski definition) is 11. The number of azide groups is 1. The fraction of sp³-hybridized carbons (Fsp3) is 0.621. The lowest BCUT2D eigenvalue weighted by atomic mass is 9.99. The van der Waals surface area contributed by atoms with E-state index in [1.54, 1.807) is 37.3 Å². The van der Waals surface area contributed by atoms with Crippen molar-refractivity contribution in [3.63, 3.8) is 0 Å². The van der Waals surface area contributed by atoms with Gasteiger partial charge in [0.25, 0.3) is 5.56 Å². The number of aromatic nitrogens is 2. The van der Waals surface area contributed by atoms with E-state index in [0.717, 1.165) is 36.3 Å². The number of rotatable bonds is 12. The SMILES string of the molecule is CCOC(=O)[C@@H](NP(=O)(OC[C@@]1(N=[N+]=[N-])O[C@@H](n2ccc(=O)[nH]c2=O)[C@@H]2OC3(CCCC3)O[C@@H]21)Oc1ccccc1)C1CCCC1. The van der Waals surface area contributed by atoms with Crippen molar-refractivity contribution in [2.24, 2.45) is 11.0 Å². The maximum atomic E-state index is 14.6. The molecule has 4 aliphatic rings. The summed E-state index contributed by atoms with van der Waals surface area (Å²) >= 11 is 0. The van der Waals surface area contributed by atoms with Crippen LogP contribution >= 0.6 is 7.75 Å². The van der Waals surface area contributed by atoms with E-state index in [9.17, 15) is 24.5 Å². The van der Waals surface area contributed by atoms with Crippen molar-refractivity contribution in [2.75, 3.05) is 13.2 Å². The first-order chi connectivity index (χ1) is 22.2. The van der Waals surface area contributed by atoms with Crippen molar-refractivity contribution in [1.29, 1.82) is 0 Å². The van der Waals surface area contributed by atoms with Crippen LogP contribution in [0.25, 0.3) is 10.4 Å². The zero-order valence-corrected chi connectivity index (χ0v) is 26.2. The highest BCUT2D eigenvalue weighted by Crippen LogP contribution is 2.55. The molecule has 2 aliphatic carbocycles. The van der Waals surface area contributed by atoms with E-state index in [0.29, 0.717) is 25.7 Å². The van der Waals surface area contributed by atoms with E-state index in [4.69, 9.17) is 28.0 Å². The molecular formula is C29H37N6O10P. The predicted molar refractivity (Wildman–Crippen MR) is 160 cm³/mol. The Kier molecular flexibility index (Phi) is 9.40. The van der Waals surface area contributed by atoms with E-state index in [1.165, 1.54) is 6.20 Å². The fourth-order valence-electron chi connectivity index (χ4n) is 6.76. The molecule has 6 rings (SSSR count). The van der Waals surface area contributed by atoms with Crippen LogP contribution < -0.4 is 20.9 Å². The van der Waals surface area contributed by atoms with Gasteiger partial charge >= 0.3 is 19.4 Å². The number of para-hydroxylation sites is 1. The minimum Gasteiger partial charge on any atom is -0.465 e. The van der Waals surface area contributed by atoms with Gasteiger partial charge in [-0.1, -0.05) is 36.2 Å². The number of H-pyrrole nitrogens is 1. The summed E-state index contributed by atoms with van der Waals surface area (Å²) in [5, 5.41) is 6.79. The van der Waals surface area contributed by atoms with E-state index in [2.05, 4.69) is 20.1 Å². The van der Waals surface area contributed by atoms with Crippen LogP contribution in [0.3, 0.4) is 0 Å². The molecule has 2 N–H and O–H groups in total. The van der Waals surface area contributed by atoms with Crippen molar-refractivity contribution in [2.45, 2.75) is 94.3 Å². The highest BCUT2D eigenvalue weighted by molar-refractivity contribution is 7.52. The van der Waals surface area contributed by atoms with Gasteiger partial charge in [0.15, 0.2) is 12.0 Å². The molecular weight excluding hydrogens is 623 g/mol. The molecule has 16 nitrogen and oxygen atoms in total. The van der Waals surface area contributed by atoms with Crippen molar-refractivity contribution in [3.05, 3.63) is 73.9 Å². The van der Waals surface area contributed by atoms with Crippen LogP contribution in [0.1, 0.15) is 64.5 Å². The molecule has 46 heavy (non-hydrogen) atoms. The highest BCUT2D eigenvalue weighted by atomic mass is 31.2. The lowest BCUT2D eigenvalue weighted by Crippen LogP contribution is -2.47. The summed E-state index contributed by atoms with van der Waals surface area (Å²) < 4.78 is 52.1. The first-order valence-electron chi connectivity index (χ1n) is 15.5. The summed E-state index contributed by atoms with van der Waals surface area (Å²) in [7, 11) is -4.45. The van der Waals surface area contributed by atoms with Gasteiger partial charge in [0, 0.05) is 30.0 Å². The molecule has 0 radical (unpaired) electrons. The second kappa shape index (κ2) is 13.3.